The fourth-order valence-electron chi connectivity index (χ4n) is 5.49. The molecule has 0 spiro atoms. The van der Waals surface area contributed by atoms with Crippen molar-refractivity contribution in [3.63, 3.8) is 0 Å². The summed E-state index contributed by atoms with van der Waals surface area (Å²) in [5, 5.41) is 13.1. The first kappa shape index (κ1) is 22.7. The molecule has 32 heavy (non-hydrogen) atoms. The Bertz CT molecular complexity index is 882. The lowest BCUT2D eigenvalue weighted by atomic mass is 9.69. The zero-order valence-electron chi connectivity index (χ0n) is 19.2. The summed E-state index contributed by atoms with van der Waals surface area (Å²) in [6.45, 7) is 3.12. The average Bonchev–Trinajstić information content (AvgIpc) is 2.82. The summed E-state index contributed by atoms with van der Waals surface area (Å²) in [4.78, 5) is 15.1. The van der Waals surface area contributed by atoms with Gasteiger partial charge in [-0.05, 0) is 49.4 Å². The summed E-state index contributed by atoms with van der Waals surface area (Å²) in [7, 11) is 1.72. The molecule has 0 atom stereocenters. The molecule has 1 saturated carbocycles. The second kappa shape index (κ2) is 10.4. The van der Waals surface area contributed by atoms with E-state index in [1.165, 1.54) is 37.7 Å². The van der Waals surface area contributed by atoms with E-state index in [4.69, 9.17) is 4.74 Å². The summed E-state index contributed by atoms with van der Waals surface area (Å²) < 4.78 is 5.37. The minimum absolute atomic E-state index is 0.00747. The highest BCUT2D eigenvalue weighted by Crippen LogP contribution is 2.41. The van der Waals surface area contributed by atoms with Crippen LogP contribution in [0.4, 0.5) is 0 Å². The lowest BCUT2D eigenvalue weighted by molar-refractivity contribution is -0.121. The van der Waals surface area contributed by atoms with Crippen molar-refractivity contribution in [2.75, 3.05) is 26.7 Å². The van der Waals surface area contributed by atoms with Gasteiger partial charge in [0, 0.05) is 36.7 Å². The van der Waals surface area contributed by atoms with Gasteiger partial charge in [-0.25, -0.2) is 0 Å². The molecule has 1 aliphatic carbocycles. The number of hydrogen-bond donors (Lipinski definition) is 2. The molecule has 0 radical (unpaired) electrons. The van der Waals surface area contributed by atoms with Gasteiger partial charge < -0.3 is 20.1 Å². The molecule has 1 aliphatic heterocycles. The Labute approximate surface area is 191 Å². The van der Waals surface area contributed by atoms with Gasteiger partial charge in [0.1, 0.15) is 11.5 Å². The first-order chi connectivity index (χ1) is 15.6. The van der Waals surface area contributed by atoms with Gasteiger partial charge in [-0.2, -0.15) is 0 Å². The van der Waals surface area contributed by atoms with E-state index in [1.54, 1.807) is 25.3 Å². The zero-order chi connectivity index (χ0) is 22.4. The van der Waals surface area contributed by atoms with Crippen LogP contribution in [-0.4, -0.2) is 48.7 Å². The van der Waals surface area contributed by atoms with E-state index in [2.05, 4.69) is 34.5 Å². The third kappa shape index (κ3) is 5.44. The standard InChI is InChI=1S/C27H36N2O3/c1-32-24-11-9-22(10-12-24)27(15-5-2-6-16-27)20-29-17-13-23(14-18-29)28-26(31)19-21-7-3-4-8-25(21)30/h3-4,7-12,23,30H,2,5-6,13-20H2,1H3,(H,28,31). The maximum atomic E-state index is 12.5. The lowest BCUT2D eigenvalue weighted by Gasteiger charge is -2.44. The fourth-order valence-corrected chi connectivity index (χ4v) is 5.49. The largest absolute Gasteiger partial charge is 0.508 e. The highest BCUT2D eigenvalue weighted by Gasteiger charge is 2.36. The van der Waals surface area contributed by atoms with Gasteiger partial charge in [0.15, 0.2) is 0 Å². The van der Waals surface area contributed by atoms with E-state index >= 15 is 0 Å². The Morgan fingerprint density at radius 3 is 2.41 bits per heavy atom. The SMILES string of the molecule is COc1ccc(C2(CN3CCC(NC(=O)Cc4ccccc4O)CC3)CCCCC2)cc1. The van der Waals surface area contributed by atoms with Crippen LogP contribution in [0.25, 0.3) is 0 Å². The number of aromatic hydroxyl groups is 1. The van der Waals surface area contributed by atoms with E-state index in [0.717, 1.165) is 38.2 Å². The fraction of sp³-hybridized carbons (Fsp3) is 0.519. The van der Waals surface area contributed by atoms with Crippen LogP contribution in [0.15, 0.2) is 48.5 Å². The molecule has 1 heterocycles. The number of nitrogens with zero attached hydrogens (tertiary/aromatic N) is 1. The highest BCUT2D eigenvalue weighted by atomic mass is 16.5. The summed E-state index contributed by atoms with van der Waals surface area (Å²) >= 11 is 0. The number of methoxy groups -OCH3 is 1. The van der Waals surface area contributed by atoms with Gasteiger partial charge in [0.05, 0.1) is 13.5 Å². The van der Waals surface area contributed by atoms with Gasteiger partial charge in [0.2, 0.25) is 5.91 Å². The minimum Gasteiger partial charge on any atom is -0.508 e. The molecule has 2 aromatic carbocycles. The number of carbonyl (C=O) groups excluding carboxylic acids is 1. The van der Waals surface area contributed by atoms with Crippen LogP contribution in [0.3, 0.4) is 0 Å². The number of nitrogens with one attached hydrogen (secondary N) is 1. The second-order valence-electron chi connectivity index (χ2n) is 9.49. The van der Waals surface area contributed by atoms with E-state index in [9.17, 15) is 9.90 Å². The third-order valence-corrected chi connectivity index (χ3v) is 7.33. The van der Waals surface area contributed by atoms with E-state index < -0.39 is 0 Å². The van der Waals surface area contributed by atoms with Gasteiger partial charge in [0.25, 0.3) is 0 Å². The van der Waals surface area contributed by atoms with Crippen LogP contribution in [0.5, 0.6) is 11.5 Å². The van der Waals surface area contributed by atoms with Crippen LogP contribution < -0.4 is 10.1 Å². The van der Waals surface area contributed by atoms with Crippen LogP contribution in [-0.2, 0) is 16.6 Å². The maximum Gasteiger partial charge on any atom is 0.224 e. The number of rotatable bonds is 7. The van der Waals surface area contributed by atoms with Crippen molar-refractivity contribution in [1.82, 2.24) is 10.2 Å². The van der Waals surface area contributed by atoms with E-state index in [-0.39, 0.29) is 29.5 Å². The van der Waals surface area contributed by atoms with Crippen LogP contribution in [0.1, 0.15) is 56.1 Å². The lowest BCUT2D eigenvalue weighted by Crippen LogP contribution is -2.49. The van der Waals surface area contributed by atoms with Crippen LogP contribution >= 0.6 is 0 Å². The summed E-state index contributed by atoms with van der Waals surface area (Å²) in [6, 6.07) is 16.0. The Kier molecular flexibility index (Phi) is 7.36. The molecular weight excluding hydrogens is 400 g/mol. The van der Waals surface area contributed by atoms with Crippen LogP contribution in [0, 0.1) is 0 Å². The van der Waals surface area contributed by atoms with Crippen molar-refractivity contribution in [3.05, 3.63) is 59.7 Å². The molecule has 4 rings (SSSR count). The summed E-state index contributed by atoms with van der Waals surface area (Å²) in [5.74, 6) is 1.10. The number of ether oxygens (including phenoxy) is 1. The van der Waals surface area contributed by atoms with E-state index in [1.807, 2.05) is 6.07 Å². The molecule has 2 aliphatic rings. The number of phenols is 1. The number of amides is 1. The zero-order valence-corrected chi connectivity index (χ0v) is 19.2. The van der Waals surface area contributed by atoms with Crippen molar-refractivity contribution >= 4 is 5.91 Å². The Morgan fingerprint density at radius 2 is 1.75 bits per heavy atom. The number of likely N-dealkylation sites (tertiary alicyclic amines) is 1. The Hall–Kier alpha value is -2.53. The van der Waals surface area contributed by atoms with Crippen molar-refractivity contribution in [2.45, 2.75) is 62.8 Å². The van der Waals surface area contributed by atoms with E-state index in [0.29, 0.717) is 5.56 Å². The predicted octanol–water partition coefficient (Wildman–Crippen LogP) is 4.43. The first-order valence-electron chi connectivity index (χ1n) is 12.0. The molecule has 2 fully saturated rings. The Balaban J connectivity index is 1.32. The van der Waals surface area contributed by atoms with Gasteiger partial charge in [-0.15, -0.1) is 0 Å². The number of hydrogen-bond acceptors (Lipinski definition) is 4. The minimum atomic E-state index is -0.00747. The van der Waals surface area contributed by atoms with Crippen molar-refractivity contribution in [2.24, 2.45) is 0 Å². The number of para-hydroxylation sites is 1. The number of phenolic OH excluding ortho intramolecular Hbond substituents is 1. The molecule has 0 bridgehead atoms. The molecule has 5 heteroatoms. The van der Waals surface area contributed by atoms with Gasteiger partial charge in [-0.3, -0.25) is 4.79 Å². The summed E-state index contributed by atoms with van der Waals surface area (Å²) in [5.41, 5.74) is 2.35. The third-order valence-electron chi connectivity index (χ3n) is 7.33. The molecule has 0 unspecified atom stereocenters. The van der Waals surface area contributed by atoms with Gasteiger partial charge >= 0.3 is 0 Å². The number of benzene rings is 2. The quantitative estimate of drug-likeness (QED) is 0.674. The highest BCUT2D eigenvalue weighted by molar-refractivity contribution is 5.79. The summed E-state index contributed by atoms with van der Waals surface area (Å²) in [6.07, 6.45) is 8.61. The molecular formula is C27H36N2O3. The molecule has 2 N–H and O–H groups in total. The molecule has 1 amide bonds. The number of carbonyl (C=O) groups is 1. The normalized spacial score (nSPS) is 19.4. The first-order valence-corrected chi connectivity index (χ1v) is 12.0. The monoisotopic (exact) mass is 436 g/mol. The smallest absolute Gasteiger partial charge is 0.224 e. The van der Waals surface area contributed by atoms with Crippen molar-refractivity contribution in [3.8, 4) is 11.5 Å². The predicted molar refractivity (Wildman–Crippen MR) is 127 cm³/mol. The maximum absolute atomic E-state index is 12.5. The average molecular weight is 437 g/mol. The molecule has 5 nitrogen and oxygen atoms in total. The molecule has 0 aromatic heterocycles. The molecule has 172 valence electrons. The molecule has 2 aromatic rings. The number of piperidine rings is 1. The molecule has 1 saturated heterocycles. The Morgan fingerprint density at radius 1 is 1.06 bits per heavy atom. The topological polar surface area (TPSA) is 61.8 Å². The van der Waals surface area contributed by atoms with Crippen molar-refractivity contribution in [1.29, 1.82) is 0 Å². The van der Waals surface area contributed by atoms with Crippen LogP contribution in [0.2, 0.25) is 0 Å². The van der Waals surface area contributed by atoms with Crippen molar-refractivity contribution < 1.29 is 14.6 Å². The second-order valence-corrected chi connectivity index (χ2v) is 9.49. The van der Waals surface area contributed by atoms with Gasteiger partial charge in [-0.1, -0.05) is 49.6 Å².